The fourth-order valence-corrected chi connectivity index (χ4v) is 17.8. The van der Waals surface area contributed by atoms with Gasteiger partial charge in [-0.1, -0.05) is 97.9 Å². The maximum atomic E-state index is 12.7. The first-order chi connectivity index (χ1) is 46.4. The number of aliphatic carboxylic acids is 1. The number of carboxylic acids is 1. The van der Waals surface area contributed by atoms with E-state index in [1.165, 1.54) is 54.7 Å². The summed E-state index contributed by atoms with van der Waals surface area (Å²) >= 11 is 21.9. The molecule has 12 rings (SSSR count). The number of Topliss-reactive ketones (excluding diaryl/α,β-unsaturated/α-hetero) is 4. The Bertz CT molecular complexity index is 3740. The maximum Gasteiger partial charge on any atom is 1.00 e. The molecule has 0 bridgehead atoms. The third kappa shape index (κ3) is 24.1. The van der Waals surface area contributed by atoms with Gasteiger partial charge in [-0.3, -0.25) is 48.2 Å². The second-order valence-corrected chi connectivity index (χ2v) is 30.9. The van der Waals surface area contributed by atoms with Gasteiger partial charge < -0.3 is 32.0 Å². The predicted octanol–water partition coefficient (Wildman–Crippen LogP) is 10.3. The summed E-state index contributed by atoms with van der Waals surface area (Å²) in [6.45, 7) is 10.5. The number of hydrogen-bond acceptors (Lipinski definition) is 15. The number of nitrogens with zero attached hydrogens (tertiary/aromatic N) is 3. The summed E-state index contributed by atoms with van der Waals surface area (Å²) in [6.07, 6.45) is 9.61. The fraction of sp³-hybridized carbons (Fsp3) is 0.473. The molecule has 27 heteroatoms. The molecule has 2 unspecified atom stereocenters. The van der Waals surface area contributed by atoms with Crippen LogP contribution in [-0.4, -0.2) is 105 Å². The molecular weight excluding hydrogens is 1450 g/mol. The van der Waals surface area contributed by atoms with Crippen molar-refractivity contribution in [2.24, 2.45) is 35.0 Å². The summed E-state index contributed by atoms with van der Waals surface area (Å²) in [5.41, 5.74) is 23.6. The molecule has 6 aromatic rings. The molecule has 6 N–H and O–H groups in total. The first kappa shape index (κ1) is 86.3. The summed E-state index contributed by atoms with van der Waals surface area (Å²) in [5, 5.41) is 10.7. The number of carbonyl (C=O) groups is 9. The van der Waals surface area contributed by atoms with Crippen molar-refractivity contribution in [2.45, 2.75) is 189 Å². The van der Waals surface area contributed by atoms with Gasteiger partial charge in [0.05, 0.1) is 23.2 Å². The number of halogens is 7. The topological polar surface area (TPSA) is 264 Å². The van der Waals surface area contributed by atoms with Gasteiger partial charge in [0, 0.05) is 140 Å². The van der Waals surface area contributed by atoms with E-state index in [0.717, 1.165) is 120 Å². The van der Waals surface area contributed by atoms with E-state index < -0.39 is 35.8 Å². The first-order valence-corrected chi connectivity index (χ1v) is 36.6. The number of ketones is 4. The average Bonchev–Trinajstić information content (AvgIpc) is 1.65. The molecule has 4 amide bonds. The summed E-state index contributed by atoms with van der Waals surface area (Å²) < 4.78 is 38.1. The third-order valence-electron chi connectivity index (χ3n) is 19.2. The van der Waals surface area contributed by atoms with Crippen molar-refractivity contribution < 1.29 is 91.0 Å². The fourth-order valence-electron chi connectivity index (χ4n) is 13.2. The largest absolute Gasteiger partial charge is 1.00 e. The number of rotatable bonds is 20. The molecule has 101 heavy (non-hydrogen) atoms. The average molecular weight is 1540 g/mol. The van der Waals surface area contributed by atoms with Crippen LogP contribution in [0.3, 0.4) is 0 Å². The van der Waals surface area contributed by atoms with Crippen molar-refractivity contribution in [1.82, 2.24) is 14.7 Å². The molecule has 3 aromatic heterocycles. The van der Waals surface area contributed by atoms with Crippen LogP contribution in [0.5, 0.6) is 0 Å². The Morgan fingerprint density at radius 2 is 0.792 bits per heavy atom. The number of hydrogen-bond donors (Lipinski definition) is 3. The SMILES string of the molecule is C.CC(=O)C1CCC1.CC(=O)[O-].CC(C1CCC1)N1CCc2c(sc(CC(=O)Cc3ccc(Cl)cc3)c2C(N)=O)C1.CC(C1CCC1)N1CCc2c(sc(CC(=O)Cc3ccc(Cl)cc3)c2C(N)=O)C1.Cl.NC(=O)c1c(CC(=O)Cc2ccc(Cl)cc2)sc2c1CCN(C(=O)C(F)(F)F)C2.[Na+]. The Hall–Kier alpha value is -5.34. The zero-order valence-corrected chi connectivity index (χ0v) is 64.4. The van der Waals surface area contributed by atoms with Crippen LogP contribution in [0.1, 0.15) is 187 Å². The van der Waals surface area contributed by atoms with Gasteiger partial charge in [0.2, 0.25) is 17.7 Å². The number of fused-ring (bicyclic) bond motifs is 3. The quantitative estimate of drug-likeness (QED) is 0.0603. The minimum Gasteiger partial charge on any atom is -0.550 e. The molecule has 0 saturated heterocycles. The minimum atomic E-state index is -4.96. The molecule has 3 saturated carbocycles. The van der Waals surface area contributed by atoms with Gasteiger partial charge >= 0.3 is 41.6 Å². The van der Waals surface area contributed by atoms with E-state index in [4.69, 9.17) is 61.9 Å². The van der Waals surface area contributed by atoms with Gasteiger partial charge in [0.15, 0.2) is 0 Å². The molecule has 3 fully saturated rings. The number of amides is 4. The Morgan fingerprint density at radius 3 is 1.03 bits per heavy atom. The van der Waals surface area contributed by atoms with Crippen molar-refractivity contribution in [3.8, 4) is 0 Å². The van der Waals surface area contributed by atoms with Crippen molar-refractivity contribution in [3.63, 3.8) is 0 Å². The molecule has 0 spiro atoms. The molecule has 6 aliphatic rings. The molecular formula is C74H88Cl4F3N6NaO10S3. The molecule has 3 aliphatic heterocycles. The van der Waals surface area contributed by atoms with Crippen LogP contribution in [0.2, 0.25) is 15.1 Å². The van der Waals surface area contributed by atoms with Crippen LogP contribution in [0, 0.1) is 17.8 Å². The predicted molar refractivity (Wildman–Crippen MR) is 390 cm³/mol. The van der Waals surface area contributed by atoms with E-state index >= 15 is 0 Å². The third-order valence-corrected chi connectivity index (χ3v) is 23.6. The van der Waals surface area contributed by atoms with Crippen LogP contribution < -0.4 is 51.9 Å². The van der Waals surface area contributed by atoms with Crippen molar-refractivity contribution in [3.05, 3.63) is 167 Å². The van der Waals surface area contributed by atoms with E-state index in [9.17, 15) is 51.5 Å². The summed E-state index contributed by atoms with van der Waals surface area (Å²) in [6, 6.07) is 22.6. The molecule has 0 radical (unpaired) electrons. The number of thiophene rings is 3. The number of alkyl halides is 3. The van der Waals surface area contributed by atoms with Gasteiger partial charge in [-0.2, -0.15) is 13.2 Å². The second kappa shape index (κ2) is 39.7. The number of primary amides is 3. The molecule has 3 aromatic carbocycles. The Labute approximate surface area is 644 Å². The summed E-state index contributed by atoms with van der Waals surface area (Å²) in [7, 11) is 0. The zero-order chi connectivity index (χ0) is 71.3. The maximum absolute atomic E-state index is 12.7. The number of nitrogens with two attached hydrogens (primary N) is 3. The van der Waals surface area contributed by atoms with Gasteiger partial charge in [0.25, 0.3) is 0 Å². The van der Waals surface area contributed by atoms with Crippen LogP contribution in [0.25, 0.3) is 0 Å². The van der Waals surface area contributed by atoms with Crippen LogP contribution in [-0.2, 0) is 106 Å². The molecule has 542 valence electrons. The molecule has 16 nitrogen and oxygen atoms in total. The van der Waals surface area contributed by atoms with Crippen LogP contribution >= 0.6 is 81.2 Å². The minimum absolute atomic E-state index is 0. The number of carbonyl (C=O) groups excluding carboxylic acids is 9. The van der Waals surface area contributed by atoms with Crippen LogP contribution in [0.4, 0.5) is 13.2 Å². The summed E-state index contributed by atoms with van der Waals surface area (Å²) in [5.74, 6) is -2.11. The molecule has 2 atom stereocenters. The standard InChI is InChI=1S/2C23H27ClN2O2S.C19H16ClF3N2O3S.C6H10O.C2H4O2.CH4.ClH.Na/c2*1-14(16-3-2-4-16)26-10-9-19-21(13-26)29-20(22(19)23(25)28)12-18(27)11-15-5-7-17(24)8-6-15;20-11-3-1-10(2-4-11)7-12(26)8-14-16(17(24)27)13-5-6-25(9-15(13)29-14)18(28)19(21,22)23;1-5(7)6-3-2-4-6;1-2(3)4;;;/h2*5-8,14,16H,2-4,9-13H2,1H3,(H2,25,28);1-4H,5-9H2,(H2,24,27);6H,2-4H2,1H3;1H3,(H,3,4);1H4;1H;/q;;;;;;;+1/p-1. The smallest absolute Gasteiger partial charge is 0.550 e. The van der Waals surface area contributed by atoms with Gasteiger partial charge in [-0.25, -0.2) is 0 Å². The number of benzene rings is 3. The van der Waals surface area contributed by atoms with Crippen molar-refractivity contribution in [1.29, 1.82) is 0 Å². The second-order valence-electron chi connectivity index (χ2n) is 26.1. The van der Waals surface area contributed by atoms with E-state index in [1.54, 1.807) is 78.1 Å². The van der Waals surface area contributed by atoms with Gasteiger partial charge in [-0.15, -0.1) is 46.4 Å². The first-order valence-electron chi connectivity index (χ1n) is 33.0. The molecule has 6 heterocycles. The van der Waals surface area contributed by atoms with Crippen LogP contribution in [0.15, 0.2) is 72.8 Å². The van der Waals surface area contributed by atoms with Crippen molar-refractivity contribution in [2.75, 3.05) is 19.6 Å². The van der Waals surface area contributed by atoms with Gasteiger partial charge in [0.1, 0.15) is 23.1 Å². The zero-order valence-electron chi connectivity index (χ0n) is 56.8. The monoisotopic (exact) mass is 1540 g/mol. The van der Waals surface area contributed by atoms with Crippen molar-refractivity contribution >= 4 is 134 Å². The van der Waals surface area contributed by atoms with Gasteiger partial charge in [-0.05, 0) is 167 Å². The van der Waals surface area contributed by atoms with E-state index in [1.807, 2.05) is 24.3 Å². The normalized spacial score (nSPS) is 16.1. The Kier molecular flexibility index (Phi) is 33.9. The van der Waals surface area contributed by atoms with E-state index in [2.05, 4.69) is 23.6 Å². The summed E-state index contributed by atoms with van der Waals surface area (Å²) in [4.78, 5) is 116. The Morgan fingerprint density at radius 1 is 0.505 bits per heavy atom. The number of carboxylic acid groups (broad SMARTS) is 1. The van der Waals surface area contributed by atoms with E-state index in [0.29, 0.717) is 83.0 Å². The van der Waals surface area contributed by atoms with E-state index in [-0.39, 0.29) is 117 Å². The Balaban J connectivity index is 0.000000249. The molecule has 3 aliphatic carbocycles.